The van der Waals surface area contributed by atoms with Crippen LogP contribution in [0.3, 0.4) is 0 Å². The number of aliphatic hydroxyl groups is 4. The molecule has 6 N–H and O–H groups in total. The molecule has 1 amide bonds. The van der Waals surface area contributed by atoms with Gasteiger partial charge in [-0.3, -0.25) is 14.4 Å². The van der Waals surface area contributed by atoms with E-state index < -0.39 is 70.8 Å². The third-order valence-corrected chi connectivity index (χ3v) is 10.2. The molecule has 2 heterocycles. The number of hydrogen-bond acceptors (Lipinski definition) is 10. The van der Waals surface area contributed by atoms with Crippen molar-refractivity contribution < 1.29 is 44.6 Å². The van der Waals surface area contributed by atoms with Gasteiger partial charge in [0.1, 0.15) is 11.3 Å². The van der Waals surface area contributed by atoms with Gasteiger partial charge in [-0.15, -0.1) is 0 Å². The number of ketones is 1. The molecule has 0 saturated carbocycles. The third-order valence-electron chi connectivity index (χ3n) is 10.2. The Hall–Kier alpha value is -4.43. The van der Waals surface area contributed by atoms with Crippen LogP contribution >= 0.6 is 0 Å². The summed E-state index contributed by atoms with van der Waals surface area (Å²) in [7, 11) is 3.01. The molecule has 1 aliphatic rings. The van der Waals surface area contributed by atoms with E-state index in [9.17, 15) is 39.9 Å². The number of aliphatic hydroxyl groups excluding tert-OH is 3. The first kappa shape index (κ1) is 47.7. The van der Waals surface area contributed by atoms with Crippen molar-refractivity contribution in [1.82, 2.24) is 9.88 Å². The van der Waals surface area contributed by atoms with Gasteiger partial charge in [-0.05, 0) is 44.4 Å². The molecule has 308 valence electrons. The number of ether oxygens (including phenoxy) is 2. The van der Waals surface area contributed by atoms with Gasteiger partial charge < -0.3 is 44.9 Å². The number of hydrogen-bond donors (Lipinski definition) is 6. The van der Waals surface area contributed by atoms with E-state index in [4.69, 9.17) is 9.47 Å². The highest BCUT2D eigenvalue weighted by atomic mass is 16.6. The van der Waals surface area contributed by atoms with Crippen LogP contribution in [0.1, 0.15) is 71.7 Å². The molecule has 12 nitrogen and oxygen atoms in total. The molecule has 1 aliphatic heterocycles. The molecule has 1 fully saturated rings. The maximum Gasteiger partial charge on any atom is 0.265 e. The van der Waals surface area contributed by atoms with Crippen LogP contribution < -0.4 is 10.9 Å². The molecule has 8 atom stereocenters. The number of amides is 1. The summed E-state index contributed by atoms with van der Waals surface area (Å²) in [4.78, 5) is 38.1. The van der Waals surface area contributed by atoms with Gasteiger partial charge in [0.25, 0.3) is 5.56 Å². The molecule has 0 radical (unpaired) electrons. The SMILES string of the molecule is C/C=C/C=C/[C@@H]1O[C@@](O)([C@@H](CC)C(=O)NC/C=C/C=C(\C)[C@@H](OC)[C@@H](C)[C@H](O)[C@@H](O)\C=C/C=C/C=C/C=C(\C)C(=O)c2c(O)ccn(C)c2=O)C[C@H](O)C1(C)C. The van der Waals surface area contributed by atoms with E-state index in [2.05, 4.69) is 5.32 Å². The normalized spacial score (nSPS) is 23.8. The molecule has 1 aromatic rings. The Bertz CT molecular complexity index is 1780. The quantitative estimate of drug-likeness (QED) is 0.0641. The van der Waals surface area contributed by atoms with Crippen molar-refractivity contribution >= 4 is 11.7 Å². The second-order valence-corrected chi connectivity index (χ2v) is 14.7. The van der Waals surface area contributed by atoms with Gasteiger partial charge in [-0.1, -0.05) is 113 Å². The summed E-state index contributed by atoms with van der Waals surface area (Å²) < 4.78 is 13.0. The lowest BCUT2D eigenvalue weighted by Crippen LogP contribution is -2.60. The van der Waals surface area contributed by atoms with E-state index in [1.165, 1.54) is 43.1 Å². The fourth-order valence-corrected chi connectivity index (χ4v) is 6.41. The van der Waals surface area contributed by atoms with Gasteiger partial charge in [0, 0.05) is 44.7 Å². The number of rotatable bonds is 19. The number of pyridine rings is 1. The van der Waals surface area contributed by atoms with Gasteiger partial charge in [0.2, 0.25) is 5.91 Å². The molecular formula is C44H62N2O10. The van der Waals surface area contributed by atoms with Crippen LogP contribution in [0.25, 0.3) is 0 Å². The topological polar surface area (TPSA) is 188 Å². The first-order valence-electron chi connectivity index (χ1n) is 18.9. The summed E-state index contributed by atoms with van der Waals surface area (Å²) in [5.41, 5.74) is -0.516. The molecule has 0 aliphatic carbocycles. The predicted octanol–water partition coefficient (Wildman–Crippen LogP) is 4.90. The molecule has 1 aromatic heterocycles. The molecule has 0 bridgehead atoms. The van der Waals surface area contributed by atoms with Gasteiger partial charge in [0.05, 0.1) is 36.4 Å². The minimum atomic E-state index is -1.85. The van der Waals surface area contributed by atoms with E-state index in [-0.39, 0.29) is 29.9 Å². The van der Waals surface area contributed by atoms with Crippen molar-refractivity contribution in [2.45, 2.75) is 97.6 Å². The maximum atomic E-state index is 13.2. The minimum Gasteiger partial charge on any atom is -0.507 e. The number of carbonyl (C=O) groups excluding carboxylic acids is 2. The van der Waals surface area contributed by atoms with Crippen LogP contribution in [-0.4, -0.2) is 91.8 Å². The van der Waals surface area contributed by atoms with Crippen molar-refractivity contribution in [1.29, 1.82) is 0 Å². The average molecular weight is 779 g/mol. The van der Waals surface area contributed by atoms with E-state index in [1.807, 2.05) is 39.8 Å². The number of aromatic nitrogens is 1. The molecule has 0 spiro atoms. The van der Waals surface area contributed by atoms with Crippen molar-refractivity contribution in [3.05, 3.63) is 124 Å². The third kappa shape index (κ3) is 12.8. The van der Waals surface area contributed by atoms with Crippen LogP contribution in [0.15, 0.2) is 113 Å². The Balaban J connectivity index is 1.96. The Labute approximate surface area is 331 Å². The average Bonchev–Trinajstić information content (AvgIpc) is 3.14. The Morgan fingerprint density at radius 3 is 2.38 bits per heavy atom. The lowest BCUT2D eigenvalue weighted by Gasteiger charge is -2.50. The molecular weight excluding hydrogens is 716 g/mol. The number of nitrogens with zero attached hydrogens (tertiary/aromatic N) is 1. The summed E-state index contributed by atoms with van der Waals surface area (Å²) >= 11 is 0. The molecule has 0 aromatic carbocycles. The number of carbonyl (C=O) groups is 2. The standard InChI is InChI=1S/C44H62N2O10/c1-10-12-16-24-36-43(6,7)35(49)28-44(54,56-36)32(11-2)41(52)45-26-20-19-22-30(4)40(55-9)31(5)39(51)34(48)23-18-15-13-14-17-21-29(3)38(50)37-33(47)25-27-46(8)42(37)53/h10,12-25,27,31-32,34-36,39-40,47-49,51,54H,11,26,28H2,1-9H3,(H,45,52)/b12-10+,15-13+,17-14+,20-19+,23-18-,24-16+,29-21+,30-22+/t31-,32-,34-,35-,36-,39-,40+,44+/m0/s1. The zero-order valence-electron chi connectivity index (χ0n) is 34.1. The number of allylic oxidation sites excluding steroid dienone is 12. The van der Waals surface area contributed by atoms with Gasteiger partial charge in [-0.25, -0.2) is 0 Å². The molecule has 12 heteroatoms. The van der Waals surface area contributed by atoms with Crippen LogP contribution in [0.2, 0.25) is 0 Å². The van der Waals surface area contributed by atoms with E-state index in [0.29, 0.717) is 6.42 Å². The largest absolute Gasteiger partial charge is 0.507 e. The lowest BCUT2D eigenvalue weighted by molar-refractivity contribution is -0.314. The van der Waals surface area contributed by atoms with E-state index in [0.717, 1.165) is 5.57 Å². The Kier molecular flexibility index (Phi) is 19.0. The smallest absolute Gasteiger partial charge is 0.265 e. The zero-order chi connectivity index (χ0) is 42.2. The van der Waals surface area contributed by atoms with Crippen LogP contribution in [0.5, 0.6) is 5.75 Å². The van der Waals surface area contributed by atoms with Crippen molar-refractivity contribution in [3.63, 3.8) is 0 Å². The van der Waals surface area contributed by atoms with Crippen molar-refractivity contribution in [2.24, 2.45) is 24.3 Å². The number of aryl methyl sites for hydroxylation is 1. The second kappa shape index (κ2) is 22.3. The summed E-state index contributed by atoms with van der Waals surface area (Å²) in [6, 6.07) is 1.29. The molecule has 2 rings (SSSR count). The fourth-order valence-electron chi connectivity index (χ4n) is 6.41. The second-order valence-electron chi connectivity index (χ2n) is 14.7. The lowest BCUT2D eigenvalue weighted by atomic mass is 9.72. The first-order valence-corrected chi connectivity index (χ1v) is 18.9. The van der Waals surface area contributed by atoms with Gasteiger partial charge >= 0.3 is 0 Å². The highest BCUT2D eigenvalue weighted by Crippen LogP contribution is 2.44. The molecule has 1 saturated heterocycles. The summed E-state index contributed by atoms with van der Waals surface area (Å²) in [5, 5.41) is 56.8. The highest BCUT2D eigenvalue weighted by Gasteiger charge is 2.54. The van der Waals surface area contributed by atoms with Crippen LogP contribution in [-0.2, 0) is 21.3 Å². The van der Waals surface area contributed by atoms with Crippen LogP contribution in [0, 0.1) is 17.3 Å². The molecule has 56 heavy (non-hydrogen) atoms. The van der Waals surface area contributed by atoms with Crippen LogP contribution in [0.4, 0.5) is 0 Å². The number of Topliss-reactive ketones (excluding diaryl/α,β-unsaturated/α-hetero) is 1. The van der Waals surface area contributed by atoms with E-state index in [1.54, 1.807) is 81.5 Å². The predicted molar refractivity (Wildman–Crippen MR) is 219 cm³/mol. The maximum absolute atomic E-state index is 13.2. The van der Waals surface area contributed by atoms with Crippen molar-refractivity contribution in [3.8, 4) is 5.75 Å². The minimum absolute atomic E-state index is 0.102. The number of methoxy groups -OCH3 is 1. The Morgan fingerprint density at radius 1 is 1.07 bits per heavy atom. The van der Waals surface area contributed by atoms with Gasteiger partial charge in [-0.2, -0.15) is 0 Å². The van der Waals surface area contributed by atoms with E-state index >= 15 is 0 Å². The first-order chi connectivity index (χ1) is 26.4. The monoisotopic (exact) mass is 778 g/mol. The zero-order valence-corrected chi connectivity index (χ0v) is 34.1. The number of nitrogens with one attached hydrogen (secondary N) is 1. The molecule has 0 unspecified atom stereocenters. The fraction of sp³-hybridized carbons (Fsp3) is 0.477. The summed E-state index contributed by atoms with van der Waals surface area (Å²) in [5.74, 6) is -4.63. The highest BCUT2D eigenvalue weighted by molar-refractivity contribution is 6.09. The Morgan fingerprint density at radius 2 is 1.73 bits per heavy atom. The van der Waals surface area contributed by atoms with Gasteiger partial charge in [0.15, 0.2) is 11.6 Å². The van der Waals surface area contributed by atoms with Crippen molar-refractivity contribution in [2.75, 3.05) is 13.7 Å². The summed E-state index contributed by atoms with van der Waals surface area (Å²) in [6.07, 6.45) is 20.8. The summed E-state index contributed by atoms with van der Waals surface area (Å²) in [6.45, 7) is 12.7. The number of aromatic hydroxyl groups is 1.